The van der Waals surface area contributed by atoms with Gasteiger partial charge in [-0.2, -0.15) is 0 Å². The molecule has 1 atom stereocenters. The van der Waals surface area contributed by atoms with Crippen LogP contribution in [0.2, 0.25) is 0 Å². The molecule has 0 amide bonds. The minimum absolute atomic E-state index is 0.0608. The fraction of sp³-hybridized carbons (Fsp3) is 0.950. The van der Waals surface area contributed by atoms with Crippen molar-refractivity contribution < 1.29 is 28.6 Å². The fourth-order valence-electron chi connectivity index (χ4n) is 9.33. The van der Waals surface area contributed by atoms with Crippen LogP contribution in [0.1, 0.15) is 348 Å². The van der Waals surface area contributed by atoms with Crippen molar-refractivity contribution in [2.75, 3.05) is 13.2 Å². The first-order valence-corrected chi connectivity index (χ1v) is 30.0. The summed E-state index contributed by atoms with van der Waals surface area (Å²) in [4.78, 5) is 38.2. The summed E-state index contributed by atoms with van der Waals surface area (Å²) >= 11 is 0. The Kier molecular flexibility index (Phi) is 54.7. The first kappa shape index (κ1) is 64.4. The summed E-state index contributed by atoms with van der Waals surface area (Å²) in [5, 5.41) is 0. The van der Waals surface area contributed by atoms with E-state index in [9.17, 15) is 14.4 Å². The van der Waals surface area contributed by atoms with E-state index >= 15 is 0 Å². The average Bonchev–Trinajstić information content (AvgIpc) is 3.31. The lowest BCUT2D eigenvalue weighted by molar-refractivity contribution is -0.167. The molecule has 0 aromatic heterocycles. The Balaban J connectivity index is 4.29. The minimum atomic E-state index is -0.761. The first-order chi connectivity index (χ1) is 32.5. The average molecular weight is 934 g/mol. The third-order valence-electron chi connectivity index (χ3n) is 13.9. The molecule has 0 bridgehead atoms. The zero-order valence-electron chi connectivity index (χ0n) is 45.0. The highest BCUT2D eigenvalue weighted by Gasteiger charge is 2.19. The maximum absolute atomic E-state index is 12.9. The smallest absolute Gasteiger partial charge is 0.306 e. The van der Waals surface area contributed by atoms with Crippen molar-refractivity contribution in [1.82, 2.24) is 0 Å². The lowest BCUT2D eigenvalue weighted by Gasteiger charge is -2.18. The number of hydrogen-bond donors (Lipinski definition) is 0. The predicted octanol–water partition coefficient (Wildman–Crippen LogP) is 19.9. The van der Waals surface area contributed by atoms with Crippen LogP contribution in [0.3, 0.4) is 0 Å². The fourth-order valence-corrected chi connectivity index (χ4v) is 9.33. The third-order valence-corrected chi connectivity index (χ3v) is 13.9. The van der Waals surface area contributed by atoms with Crippen molar-refractivity contribution in [1.29, 1.82) is 0 Å². The van der Waals surface area contributed by atoms with Crippen LogP contribution in [0.15, 0.2) is 0 Å². The maximum Gasteiger partial charge on any atom is 0.306 e. The van der Waals surface area contributed by atoms with Gasteiger partial charge in [0.1, 0.15) is 13.2 Å². The van der Waals surface area contributed by atoms with E-state index in [0.29, 0.717) is 19.3 Å². The van der Waals surface area contributed by atoms with Crippen LogP contribution in [-0.2, 0) is 28.6 Å². The number of ether oxygens (including phenoxy) is 3. The molecule has 0 fully saturated rings. The molecule has 0 N–H and O–H groups in total. The van der Waals surface area contributed by atoms with E-state index < -0.39 is 6.10 Å². The van der Waals surface area contributed by atoms with Crippen LogP contribution in [0.25, 0.3) is 0 Å². The van der Waals surface area contributed by atoms with E-state index in [-0.39, 0.29) is 31.1 Å². The number of carbonyl (C=O) groups is 3. The second-order valence-electron chi connectivity index (χ2n) is 20.6. The molecule has 0 radical (unpaired) electrons. The third kappa shape index (κ3) is 53.4. The molecule has 392 valence electrons. The molecular formula is C60H116O6. The summed E-state index contributed by atoms with van der Waals surface area (Å²) in [7, 11) is 0. The van der Waals surface area contributed by atoms with E-state index in [0.717, 1.165) is 57.8 Å². The molecule has 6 nitrogen and oxygen atoms in total. The van der Waals surface area contributed by atoms with Gasteiger partial charge in [0.15, 0.2) is 6.10 Å². The Bertz CT molecular complexity index is 982. The molecule has 0 unspecified atom stereocenters. The van der Waals surface area contributed by atoms with E-state index in [1.807, 2.05) is 0 Å². The van der Waals surface area contributed by atoms with E-state index in [4.69, 9.17) is 14.2 Å². The maximum atomic E-state index is 12.9. The van der Waals surface area contributed by atoms with Gasteiger partial charge in [0, 0.05) is 19.3 Å². The van der Waals surface area contributed by atoms with Crippen LogP contribution >= 0.6 is 0 Å². The van der Waals surface area contributed by atoms with Gasteiger partial charge in [-0.1, -0.05) is 310 Å². The van der Waals surface area contributed by atoms with Crippen LogP contribution in [0, 0.1) is 0 Å². The Labute approximate surface area is 412 Å². The van der Waals surface area contributed by atoms with Gasteiger partial charge in [-0.15, -0.1) is 0 Å². The molecule has 6 heteroatoms. The first-order valence-electron chi connectivity index (χ1n) is 30.0. The predicted molar refractivity (Wildman–Crippen MR) is 284 cm³/mol. The molecule has 66 heavy (non-hydrogen) atoms. The van der Waals surface area contributed by atoms with E-state index in [1.165, 1.54) is 250 Å². The number of unbranched alkanes of at least 4 members (excludes halogenated alkanes) is 45. The SMILES string of the molecule is CCCCCCCCCCCCCCCCCCCC(=O)OC[C@@H](COC(=O)CCCCCCCCCCCCCCCCC)OC(=O)CCCCCCCCCCCCCCCCCC. The van der Waals surface area contributed by atoms with Crippen molar-refractivity contribution in [2.45, 2.75) is 354 Å². The summed E-state index contributed by atoms with van der Waals surface area (Å²) in [6, 6.07) is 0. The largest absolute Gasteiger partial charge is 0.462 e. The van der Waals surface area contributed by atoms with Crippen molar-refractivity contribution >= 4 is 17.9 Å². The highest BCUT2D eigenvalue weighted by molar-refractivity contribution is 5.71. The van der Waals surface area contributed by atoms with Crippen molar-refractivity contribution in [2.24, 2.45) is 0 Å². The molecule has 0 aromatic rings. The molecule has 0 heterocycles. The van der Waals surface area contributed by atoms with Gasteiger partial charge in [-0.05, 0) is 19.3 Å². The quantitative estimate of drug-likeness (QED) is 0.0343. The Morgan fingerprint density at radius 2 is 0.409 bits per heavy atom. The molecule has 0 saturated heterocycles. The van der Waals surface area contributed by atoms with Gasteiger partial charge in [0.25, 0.3) is 0 Å². The summed E-state index contributed by atoms with van der Waals surface area (Å²) in [6.45, 7) is 6.72. The molecule has 0 aromatic carbocycles. The number of hydrogen-bond acceptors (Lipinski definition) is 6. The van der Waals surface area contributed by atoms with Crippen molar-refractivity contribution in [3.8, 4) is 0 Å². The normalized spacial score (nSPS) is 11.9. The van der Waals surface area contributed by atoms with Crippen molar-refractivity contribution in [3.63, 3.8) is 0 Å². The van der Waals surface area contributed by atoms with Crippen LogP contribution < -0.4 is 0 Å². The minimum Gasteiger partial charge on any atom is -0.462 e. The monoisotopic (exact) mass is 933 g/mol. The number of rotatable bonds is 56. The van der Waals surface area contributed by atoms with E-state index in [2.05, 4.69) is 20.8 Å². The van der Waals surface area contributed by atoms with Crippen LogP contribution in [0.5, 0.6) is 0 Å². The van der Waals surface area contributed by atoms with Crippen LogP contribution in [0.4, 0.5) is 0 Å². The number of esters is 3. The molecule has 0 aliphatic rings. The second kappa shape index (κ2) is 56.0. The van der Waals surface area contributed by atoms with Gasteiger partial charge < -0.3 is 14.2 Å². The summed E-state index contributed by atoms with van der Waals surface area (Å²) in [6.07, 6.45) is 62.3. The summed E-state index contributed by atoms with van der Waals surface area (Å²) in [5.74, 6) is -0.828. The molecule has 0 rings (SSSR count). The molecule has 0 saturated carbocycles. The number of carbonyl (C=O) groups excluding carboxylic acids is 3. The Hall–Kier alpha value is -1.59. The highest BCUT2D eigenvalue weighted by Crippen LogP contribution is 2.18. The Morgan fingerprint density at radius 3 is 0.606 bits per heavy atom. The molecule has 0 spiro atoms. The van der Waals surface area contributed by atoms with E-state index in [1.54, 1.807) is 0 Å². The van der Waals surface area contributed by atoms with Gasteiger partial charge >= 0.3 is 17.9 Å². The van der Waals surface area contributed by atoms with Crippen molar-refractivity contribution in [3.05, 3.63) is 0 Å². The molecule has 0 aliphatic carbocycles. The molecular weight excluding hydrogens is 817 g/mol. The van der Waals surface area contributed by atoms with Gasteiger partial charge in [-0.3, -0.25) is 14.4 Å². The van der Waals surface area contributed by atoms with Gasteiger partial charge in [0.05, 0.1) is 0 Å². The second-order valence-corrected chi connectivity index (χ2v) is 20.6. The highest BCUT2D eigenvalue weighted by atomic mass is 16.6. The lowest BCUT2D eigenvalue weighted by Crippen LogP contribution is -2.30. The summed E-state index contributed by atoms with van der Waals surface area (Å²) < 4.78 is 16.9. The Morgan fingerprint density at radius 1 is 0.242 bits per heavy atom. The van der Waals surface area contributed by atoms with Gasteiger partial charge in [0.2, 0.25) is 0 Å². The summed E-state index contributed by atoms with van der Waals surface area (Å²) in [5.41, 5.74) is 0. The molecule has 0 aliphatic heterocycles. The topological polar surface area (TPSA) is 78.9 Å². The zero-order chi connectivity index (χ0) is 47.9. The van der Waals surface area contributed by atoms with Gasteiger partial charge in [-0.25, -0.2) is 0 Å². The standard InChI is InChI=1S/C60H116O6/c1-4-7-10-13-16-19-22-25-28-30-33-35-38-41-44-47-50-53-59(62)65-56-57(55-64-58(61)52-49-46-43-40-37-34-31-27-24-21-18-15-12-9-6-3)66-60(63)54-51-48-45-42-39-36-32-29-26-23-20-17-14-11-8-5-2/h57H,4-56H2,1-3H3/t57-/m1/s1. The zero-order valence-corrected chi connectivity index (χ0v) is 45.0. The lowest BCUT2D eigenvalue weighted by atomic mass is 10.0. The van der Waals surface area contributed by atoms with Crippen LogP contribution in [-0.4, -0.2) is 37.2 Å².